The average Bonchev–Trinajstić information content (AvgIpc) is 3.00. The van der Waals surface area contributed by atoms with Gasteiger partial charge in [-0.25, -0.2) is 4.67 Å². The molecular formula is C34H34NO3P. The van der Waals surface area contributed by atoms with Gasteiger partial charge in [-0.3, -0.25) is 9.36 Å². The van der Waals surface area contributed by atoms with Crippen molar-refractivity contribution >= 4 is 13.0 Å². The second-order valence-corrected chi connectivity index (χ2v) is 12.2. The highest BCUT2D eigenvalue weighted by molar-refractivity contribution is 7.74. The van der Waals surface area contributed by atoms with Crippen LogP contribution in [0.15, 0.2) is 134 Å². The molecule has 0 aromatic heterocycles. The molecule has 0 bridgehead atoms. The van der Waals surface area contributed by atoms with Gasteiger partial charge in [-0.05, 0) is 28.7 Å². The molecular weight excluding hydrogens is 501 g/mol. The molecule has 0 spiro atoms. The first-order chi connectivity index (χ1) is 19.0. The fourth-order valence-electron chi connectivity index (χ4n) is 5.85. The maximum absolute atomic E-state index is 15.2. The Kier molecular flexibility index (Phi) is 8.09. The molecule has 0 unspecified atom stereocenters. The van der Waals surface area contributed by atoms with E-state index >= 15 is 4.57 Å². The van der Waals surface area contributed by atoms with Crippen molar-refractivity contribution in [3.05, 3.63) is 156 Å². The number of nitrogens with zero attached hydrogens (tertiary/aromatic N) is 1. The Labute approximate surface area is 231 Å². The second-order valence-electron chi connectivity index (χ2n) is 9.94. The summed E-state index contributed by atoms with van der Waals surface area (Å²) in [5.41, 5.74) is 2.35. The molecule has 1 aliphatic heterocycles. The first-order valence-electron chi connectivity index (χ1n) is 13.4. The van der Waals surface area contributed by atoms with E-state index in [0.717, 1.165) is 22.3 Å². The van der Waals surface area contributed by atoms with Crippen molar-refractivity contribution in [1.82, 2.24) is 4.67 Å². The summed E-state index contributed by atoms with van der Waals surface area (Å²) in [6, 6.07) is 39.9. The molecule has 1 saturated heterocycles. The third-order valence-corrected chi connectivity index (χ3v) is 10.3. The molecule has 1 fully saturated rings. The molecule has 3 atom stereocenters. The molecule has 1 aliphatic rings. The molecule has 0 N–H and O–H groups in total. The molecule has 0 amide bonds. The highest BCUT2D eigenvalue weighted by Crippen LogP contribution is 2.64. The molecule has 4 nitrogen and oxygen atoms in total. The summed E-state index contributed by atoms with van der Waals surface area (Å²) in [7, 11) is -4.03. The van der Waals surface area contributed by atoms with E-state index < -0.39 is 19.0 Å². The van der Waals surface area contributed by atoms with Crippen LogP contribution in [0.5, 0.6) is 0 Å². The predicted octanol–water partition coefficient (Wildman–Crippen LogP) is 8.03. The Balaban J connectivity index is 1.73. The third-order valence-electron chi connectivity index (χ3n) is 7.71. The summed E-state index contributed by atoms with van der Waals surface area (Å²) in [6.07, 6.45) is 2.43. The van der Waals surface area contributed by atoms with Gasteiger partial charge in [0.25, 0.3) is 0 Å². The van der Waals surface area contributed by atoms with Gasteiger partial charge in [0.05, 0.1) is 6.61 Å². The van der Waals surface area contributed by atoms with Crippen molar-refractivity contribution in [3.63, 3.8) is 0 Å². The van der Waals surface area contributed by atoms with Gasteiger partial charge in [0, 0.05) is 18.4 Å². The molecule has 5 rings (SSSR count). The van der Waals surface area contributed by atoms with Gasteiger partial charge in [0.2, 0.25) is 5.52 Å². The van der Waals surface area contributed by atoms with Crippen LogP contribution >= 0.6 is 7.52 Å². The Bertz CT molecular complexity index is 1340. The number of rotatable bonds is 9. The topological polar surface area (TPSA) is 46.6 Å². The first-order valence-corrected chi connectivity index (χ1v) is 15.0. The quantitative estimate of drug-likeness (QED) is 0.124. The summed E-state index contributed by atoms with van der Waals surface area (Å²) >= 11 is 0. The number of carbonyl (C=O) groups is 1. The SMILES string of the molecule is C=C[C@@H](c1ccccc1)[C@@H](C)C(=O)[P@]1(=O)OCCCN1C(c1ccccc1)(c1ccccc1)c1ccccc1. The van der Waals surface area contributed by atoms with Crippen molar-refractivity contribution in [1.29, 1.82) is 0 Å². The average molecular weight is 536 g/mol. The zero-order chi connectivity index (χ0) is 27.3. The molecule has 4 aromatic rings. The summed E-state index contributed by atoms with van der Waals surface area (Å²) in [6.45, 7) is 6.57. The number of allylic oxidation sites excluding steroid dienone is 1. The minimum atomic E-state index is -4.03. The first kappa shape index (κ1) is 27.0. The largest absolute Gasteiger partial charge is 0.339 e. The fourth-order valence-corrected chi connectivity index (χ4v) is 8.55. The zero-order valence-electron chi connectivity index (χ0n) is 22.2. The van der Waals surface area contributed by atoms with Crippen molar-refractivity contribution < 1.29 is 13.9 Å². The summed E-state index contributed by atoms with van der Waals surface area (Å²) in [5, 5.41) is 0. The van der Waals surface area contributed by atoms with Crippen molar-refractivity contribution in [2.75, 3.05) is 13.2 Å². The smallest absolute Gasteiger partial charge is 0.312 e. The minimum absolute atomic E-state index is 0.269. The number of hydrogen-bond acceptors (Lipinski definition) is 3. The van der Waals surface area contributed by atoms with Gasteiger partial charge < -0.3 is 4.52 Å². The molecule has 0 saturated carbocycles. The molecule has 198 valence electrons. The van der Waals surface area contributed by atoms with Crippen LogP contribution in [0.3, 0.4) is 0 Å². The molecule has 0 radical (unpaired) electrons. The predicted molar refractivity (Wildman–Crippen MR) is 158 cm³/mol. The number of hydrogen-bond donors (Lipinski definition) is 0. The van der Waals surface area contributed by atoms with Crippen LogP contribution in [0, 0.1) is 5.92 Å². The third kappa shape index (κ3) is 4.85. The van der Waals surface area contributed by atoms with Gasteiger partial charge in [0.15, 0.2) is 0 Å². The second kappa shape index (κ2) is 11.7. The van der Waals surface area contributed by atoms with Gasteiger partial charge in [0.1, 0.15) is 5.54 Å². The van der Waals surface area contributed by atoms with Gasteiger partial charge in [-0.2, -0.15) is 0 Å². The van der Waals surface area contributed by atoms with Crippen molar-refractivity contribution in [2.45, 2.75) is 24.8 Å². The molecule has 4 aromatic carbocycles. The van der Waals surface area contributed by atoms with Crippen LogP contribution in [0.1, 0.15) is 41.5 Å². The standard InChI is InChI=1S/C34H34NO3P/c1-3-32(28-17-8-4-9-18-28)27(2)33(36)39(37)35(25-16-26-38-39)34(29-19-10-5-11-20-29,30-21-12-6-13-22-30)31-23-14-7-15-24-31/h3-15,17-24,27,32H,1,16,25-26H2,2H3/t27-,32-,39+/m1/s1. The van der Waals surface area contributed by atoms with Crippen LogP contribution < -0.4 is 0 Å². The highest BCUT2D eigenvalue weighted by Gasteiger charge is 2.56. The Morgan fingerprint density at radius 3 is 1.69 bits per heavy atom. The van der Waals surface area contributed by atoms with Gasteiger partial charge >= 0.3 is 7.52 Å². The lowest BCUT2D eigenvalue weighted by Gasteiger charge is -2.49. The van der Waals surface area contributed by atoms with Gasteiger partial charge in [-0.1, -0.05) is 134 Å². The van der Waals surface area contributed by atoms with Crippen molar-refractivity contribution in [2.24, 2.45) is 5.92 Å². The number of benzene rings is 4. The fraction of sp³-hybridized carbons (Fsp3) is 0.206. The van der Waals surface area contributed by atoms with Crippen LogP contribution in [0.2, 0.25) is 0 Å². The minimum Gasteiger partial charge on any atom is -0.312 e. The van der Waals surface area contributed by atoms with Crippen molar-refractivity contribution in [3.8, 4) is 0 Å². The molecule has 5 heteroatoms. The lowest BCUT2D eigenvalue weighted by Crippen LogP contribution is -2.50. The summed E-state index contributed by atoms with van der Waals surface area (Å²) < 4.78 is 23.3. The van der Waals surface area contributed by atoms with Gasteiger partial charge in [-0.15, -0.1) is 6.58 Å². The van der Waals surface area contributed by atoms with Crippen LogP contribution in [0.4, 0.5) is 0 Å². The Morgan fingerprint density at radius 2 is 1.26 bits per heavy atom. The Morgan fingerprint density at radius 1 is 0.821 bits per heavy atom. The summed E-state index contributed by atoms with van der Waals surface area (Å²) in [4.78, 5) is 14.5. The van der Waals surface area contributed by atoms with E-state index in [9.17, 15) is 4.79 Å². The lowest BCUT2D eigenvalue weighted by molar-refractivity contribution is -0.117. The summed E-state index contributed by atoms with van der Waals surface area (Å²) in [5.74, 6) is -0.896. The lowest BCUT2D eigenvalue weighted by atomic mass is 9.77. The van der Waals surface area contributed by atoms with E-state index in [1.165, 1.54) is 0 Å². The van der Waals surface area contributed by atoms with Crippen LogP contribution in [-0.2, 0) is 19.4 Å². The van der Waals surface area contributed by atoms with E-state index in [0.29, 0.717) is 13.0 Å². The highest BCUT2D eigenvalue weighted by atomic mass is 31.2. The van der Waals surface area contributed by atoms with E-state index in [4.69, 9.17) is 4.52 Å². The Hall–Kier alpha value is -3.56. The molecule has 1 heterocycles. The molecule has 0 aliphatic carbocycles. The van der Waals surface area contributed by atoms with E-state index in [-0.39, 0.29) is 18.0 Å². The van der Waals surface area contributed by atoms with Crippen LogP contribution in [0.25, 0.3) is 0 Å². The van der Waals surface area contributed by atoms with Crippen LogP contribution in [-0.4, -0.2) is 23.3 Å². The zero-order valence-corrected chi connectivity index (χ0v) is 23.1. The normalized spacial score (nSPS) is 19.6. The van der Waals surface area contributed by atoms with E-state index in [1.807, 2.05) is 133 Å². The number of carbonyl (C=O) groups excluding carboxylic acids is 1. The monoisotopic (exact) mass is 535 g/mol. The maximum Gasteiger partial charge on any atom is 0.339 e. The van der Waals surface area contributed by atoms with E-state index in [1.54, 1.807) is 6.08 Å². The molecule has 39 heavy (non-hydrogen) atoms. The van der Waals surface area contributed by atoms with E-state index in [2.05, 4.69) is 6.58 Å². The maximum atomic E-state index is 15.2.